The van der Waals surface area contributed by atoms with Gasteiger partial charge in [0.05, 0.1) is 12.2 Å². The van der Waals surface area contributed by atoms with E-state index in [-0.39, 0.29) is 17.8 Å². The van der Waals surface area contributed by atoms with Crippen LogP contribution in [0.5, 0.6) is 0 Å². The number of benzene rings is 1. The van der Waals surface area contributed by atoms with Crippen LogP contribution < -0.4 is 5.32 Å². The first-order chi connectivity index (χ1) is 14.9. The second kappa shape index (κ2) is 10.9. The van der Waals surface area contributed by atoms with Crippen LogP contribution in [0.4, 0.5) is 0 Å². The van der Waals surface area contributed by atoms with E-state index in [1.165, 1.54) is 5.56 Å². The van der Waals surface area contributed by atoms with E-state index in [0.717, 1.165) is 55.1 Å². The summed E-state index contributed by atoms with van der Waals surface area (Å²) < 4.78 is 7.40. The molecular formula is C25H33ClN2O3. The highest BCUT2D eigenvalue weighted by atomic mass is 35.5. The van der Waals surface area contributed by atoms with Gasteiger partial charge in [0.15, 0.2) is 0 Å². The van der Waals surface area contributed by atoms with E-state index in [0.29, 0.717) is 24.6 Å². The van der Waals surface area contributed by atoms with E-state index in [1.807, 2.05) is 51.1 Å². The van der Waals surface area contributed by atoms with Crippen molar-refractivity contribution in [2.24, 2.45) is 11.8 Å². The normalized spacial score (nSPS) is 18.6. The lowest BCUT2D eigenvalue weighted by molar-refractivity contribution is -0.126. The Morgan fingerprint density at radius 3 is 2.45 bits per heavy atom. The number of carbonyl (C=O) groups excluding carboxylic acids is 2. The highest BCUT2D eigenvalue weighted by Crippen LogP contribution is 2.31. The lowest BCUT2D eigenvalue weighted by atomic mass is 9.81. The molecule has 1 aliphatic carbocycles. The SMILES string of the molecule is CCOC(=O)c1cc(C)n(CC2CCC(C(=O)NCCc3ccc(Cl)cc3)CC2)c1C. The molecule has 1 saturated carbocycles. The van der Waals surface area contributed by atoms with E-state index in [9.17, 15) is 9.59 Å². The molecule has 1 amide bonds. The molecule has 3 rings (SSSR count). The molecule has 0 unspecified atom stereocenters. The number of hydrogen-bond donors (Lipinski definition) is 1. The average Bonchev–Trinajstić information content (AvgIpc) is 3.04. The number of nitrogens with zero attached hydrogens (tertiary/aromatic N) is 1. The fourth-order valence-electron chi connectivity index (χ4n) is 4.49. The Morgan fingerprint density at radius 2 is 1.81 bits per heavy atom. The minimum Gasteiger partial charge on any atom is -0.462 e. The molecule has 0 atom stereocenters. The number of ether oxygens (including phenoxy) is 1. The van der Waals surface area contributed by atoms with Crippen LogP contribution in [-0.4, -0.2) is 29.6 Å². The summed E-state index contributed by atoms with van der Waals surface area (Å²) >= 11 is 5.91. The van der Waals surface area contributed by atoms with Gasteiger partial charge in [-0.3, -0.25) is 4.79 Å². The maximum absolute atomic E-state index is 12.6. The zero-order valence-electron chi connectivity index (χ0n) is 18.7. The fraction of sp³-hybridized carbons (Fsp3) is 0.520. The molecule has 0 spiro atoms. The molecule has 0 aliphatic heterocycles. The molecule has 0 radical (unpaired) electrons. The van der Waals surface area contributed by atoms with Crippen LogP contribution >= 0.6 is 11.6 Å². The van der Waals surface area contributed by atoms with E-state index in [2.05, 4.69) is 9.88 Å². The third-order valence-electron chi connectivity index (χ3n) is 6.35. The molecule has 1 aromatic carbocycles. The van der Waals surface area contributed by atoms with Gasteiger partial charge in [0.1, 0.15) is 0 Å². The summed E-state index contributed by atoms with van der Waals surface area (Å²) in [5, 5.41) is 3.83. The van der Waals surface area contributed by atoms with Crippen LogP contribution in [0.1, 0.15) is 59.9 Å². The summed E-state index contributed by atoms with van der Waals surface area (Å²) in [6, 6.07) is 9.68. The minimum atomic E-state index is -0.249. The number of esters is 1. The van der Waals surface area contributed by atoms with Gasteiger partial charge >= 0.3 is 5.97 Å². The second-order valence-electron chi connectivity index (χ2n) is 8.50. The smallest absolute Gasteiger partial charge is 0.339 e. The second-order valence-corrected chi connectivity index (χ2v) is 8.94. The highest BCUT2D eigenvalue weighted by Gasteiger charge is 2.27. The molecule has 1 N–H and O–H groups in total. The molecule has 0 saturated heterocycles. The Labute approximate surface area is 190 Å². The van der Waals surface area contributed by atoms with Gasteiger partial charge in [0, 0.05) is 35.4 Å². The van der Waals surface area contributed by atoms with Crippen molar-refractivity contribution in [1.29, 1.82) is 0 Å². The van der Waals surface area contributed by atoms with E-state index < -0.39 is 0 Å². The molecule has 168 valence electrons. The summed E-state index contributed by atoms with van der Waals surface area (Å²) in [7, 11) is 0. The molecule has 1 fully saturated rings. The summed E-state index contributed by atoms with van der Waals surface area (Å²) in [4.78, 5) is 24.7. The van der Waals surface area contributed by atoms with Crippen LogP contribution in [0.2, 0.25) is 5.02 Å². The quantitative estimate of drug-likeness (QED) is 0.576. The average molecular weight is 445 g/mol. The largest absolute Gasteiger partial charge is 0.462 e. The molecule has 31 heavy (non-hydrogen) atoms. The van der Waals surface area contributed by atoms with Crippen molar-refractivity contribution in [3.63, 3.8) is 0 Å². The molecule has 2 aromatic rings. The first-order valence-electron chi connectivity index (χ1n) is 11.2. The Bertz CT molecular complexity index is 896. The third kappa shape index (κ3) is 6.13. The molecule has 6 heteroatoms. The van der Waals surface area contributed by atoms with Crippen molar-refractivity contribution in [1.82, 2.24) is 9.88 Å². The number of aromatic nitrogens is 1. The zero-order chi connectivity index (χ0) is 22.4. The summed E-state index contributed by atoms with van der Waals surface area (Å²) in [5.74, 6) is 0.549. The first kappa shape index (κ1) is 23.4. The van der Waals surface area contributed by atoms with Crippen molar-refractivity contribution in [3.05, 3.63) is 57.9 Å². The molecule has 0 bridgehead atoms. The van der Waals surface area contributed by atoms with Crippen LogP contribution in [0.25, 0.3) is 0 Å². The van der Waals surface area contributed by atoms with Crippen LogP contribution in [-0.2, 0) is 22.5 Å². The van der Waals surface area contributed by atoms with E-state index >= 15 is 0 Å². The van der Waals surface area contributed by atoms with Crippen molar-refractivity contribution < 1.29 is 14.3 Å². The number of aryl methyl sites for hydroxylation is 1. The number of halogens is 1. The number of hydrogen-bond acceptors (Lipinski definition) is 3. The lowest BCUT2D eigenvalue weighted by Gasteiger charge is -2.29. The Hall–Kier alpha value is -2.27. The van der Waals surface area contributed by atoms with Crippen molar-refractivity contribution in [2.75, 3.05) is 13.2 Å². The maximum Gasteiger partial charge on any atom is 0.339 e. The van der Waals surface area contributed by atoms with Gasteiger partial charge in [-0.15, -0.1) is 0 Å². The van der Waals surface area contributed by atoms with Crippen molar-refractivity contribution >= 4 is 23.5 Å². The predicted octanol–water partition coefficient (Wildman–Crippen LogP) is 5.10. The van der Waals surface area contributed by atoms with Crippen molar-refractivity contribution in [3.8, 4) is 0 Å². The molecule has 1 aliphatic rings. The van der Waals surface area contributed by atoms with Crippen LogP contribution in [0, 0.1) is 25.7 Å². The van der Waals surface area contributed by atoms with Gasteiger partial charge < -0.3 is 14.6 Å². The van der Waals surface area contributed by atoms with Crippen molar-refractivity contribution in [2.45, 2.75) is 59.4 Å². The number of nitrogens with one attached hydrogen (secondary N) is 1. The maximum atomic E-state index is 12.6. The lowest BCUT2D eigenvalue weighted by Crippen LogP contribution is -2.35. The van der Waals surface area contributed by atoms with Gasteiger partial charge in [0.25, 0.3) is 0 Å². The summed E-state index contributed by atoms with van der Waals surface area (Å²) in [6.45, 7) is 7.77. The Morgan fingerprint density at radius 1 is 1.13 bits per heavy atom. The number of amides is 1. The first-order valence-corrected chi connectivity index (χ1v) is 11.6. The fourth-order valence-corrected chi connectivity index (χ4v) is 4.61. The van der Waals surface area contributed by atoms with Gasteiger partial charge in [-0.2, -0.15) is 0 Å². The van der Waals surface area contributed by atoms with Crippen LogP contribution in [0.3, 0.4) is 0 Å². The highest BCUT2D eigenvalue weighted by molar-refractivity contribution is 6.30. The standard InChI is InChI=1S/C25H33ClN2O3/c1-4-31-25(30)23-15-17(2)28(18(23)3)16-20-5-9-21(10-6-20)24(29)27-14-13-19-7-11-22(26)12-8-19/h7-8,11-12,15,20-21H,4-6,9-10,13-14,16H2,1-3H3,(H,27,29). The Balaban J connectivity index is 1.45. The monoisotopic (exact) mass is 444 g/mol. The van der Waals surface area contributed by atoms with E-state index in [4.69, 9.17) is 16.3 Å². The zero-order valence-corrected chi connectivity index (χ0v) is 19.5. The van der Waals surface area contributed by atoms with E-state index in [1.54, 1.807) is 0 Å². The predicted molar refractivity (Wildman–Crippen MR) is 123 cm³/mol. The Kier molecular flexibility index (Phi) is 8.19. The molecule has 5 nitrogen and oxygen atoms in total. The number of carbonyl (C=O) groups is 2. The molecular weight excluding hydrogens is 412 g/mol. The van der Waals surface area contributed by atoms with Gasteiger partial charge in [-0.1, -0.05) is 23.7 Å². The summed E-state index contributed by atoms with van der Waals surface area (Å²) in [6.07, 6.45) is 4.71. The van der Waals surface area contributed by atoms with Gasteiger partial charge in [-0.25, -0.2) is 4.79 Å². The van der Waals surface area contributed by atoms with Gasteiger partial charge in [-0.05, 0) is 82.6 Å². The third-order valence-corrected chi connectivity index (χ3v) is 6.61. The topological polar surface area (TPSA) is 60.3 Å². The molecule has 1 heterocycles. The number of rotatable bonds is 8. The summed E-state index contributed by atoms with van der Waals surface area (Å²) in [5.41, 5.74) is 3.89. The minimum absolute atomic E-state index is 0.100. The van der Waals surface area contributed by atoms with Crippen LogP contribution in [0.15, 0.2) is 30.3 Å². The molecule has 1 aromatic heterocycles. The van der Waals surface area contributed by atoms with Gasteiger partial charge in [0.2, 0.25) is 5.91 Å².